The van der Waals surface area contributed by atoms with E-state index in [1.807, 2.05) is 7.11 Å². The normalized spacial score (nSPS) is 27.5. The Morgan fingerprint density at radius 3 is 2.28 bits per heavy atom. The fourth-order valence-corrected chi connectivity index (χ4v) is 3.49. The number of hydrogen-bond donors (Lipinski definition) is 1. The maximum atomic E-state index is 6.12. The first kappa shape index (κ1) is 14.3. The first-order valence-corrected chi connectivity index (χ1v) is 7.33. The zero-order valence-corrected chi connectivity index (χ0v) is 12.0. The van der Waals surface area contributed by atoms with Gasteiger partial charge in [0.2, 0.25) is 0 Å². The fraction of sp³-hybridized carbons (Fsp3) is 1.00. The molecule has 106 valence electrons. The molecule has 2 rings (SSSR count). The van der Waals surface area contributed by atoms with Crippen LogP contribution in [-0.4, -0.2) is 68.8 Å². The number of ether oxygens (including phenoxy) is 1. The highest BCUT2D eigenvalue weighted by Crippen LogP contribution is 2.31. The van der Waals surface area contributed by atoms with Crippen molar-refractivity contribution < 1.29 is 4.74 Å². The van der Waals surface area contributed by atoms with Gasteiger partial charge in [0.25, 0.3) is 0 Å². The van der Waals surface area contributed by atoms with Gasteiger partial charge in [0, 0.05) is 25.8 Å². The highest BCUT2D eigenvalue weighted by Gasteiger charge is 2.39. The van der Waals surface area contributed by atoms with Crippen molar-refractivity contribution in [1.29, 1.82) is 0 Å². The zero-order chi connectivity index (χ0) is 13.0. The summed E-state index contributed by atoms with van der Waals surface area (Å²) in [6.45, 7) is 6.52. The predicted octanol–water partition coefficient (Wildman–Crippen LogP) is 0.768. The van der Waals surface area contributed by atoms with Crippen LogP contribution in [0.3, 0.4) is 0 Å². The third-order valence-electron chi connectivity index (χ3n) is 4.99. The summed E-state index contributed by atoms with van der Waals surface area (Å²) in [7, 11) is 4.02. The highest BCUT2D eigenvalue weighted by atomic mass is 16.5. The highest BCUT2D eigenvalue weighted by molar-refractivity contribution is 4.97. The van der Waals surface area contributed by atoms with Crippen LogP contribution >= 0.6 is 0 Å². The molecule has 0 aliphatic carbocycles. The molecule has 4 heteroatoms. The summed E-state index contributed by atoms with van der Waals surface area (Å²) in [6.07, 6.45) is 5.00. The molecule has 4 nitrogen and oxygen atoms in total. The molecule has 2 aliphatic heterocycles. The lowest BCUT2D eigenvalue weighted by Gasteiger charge is -2.50. The minimum atomic E-state index is 0.282. The van der Waals surface area contributed by atoms with E-state index in [-0.39, 0.29) is 5.54 Å². The van der Waals surface area contributed by atoms with Crippen LogP contribution in [0.1, 0.15) is 25.7 Å². The Balaban J connectivity index is 1.90. The van der Waals surface area contributed by atoms with E-state index in [2.05, 4.69) is 16.8 Å². The van der Waals surface area contributed by atoms with Gasteiger partial charge in [-0.1, -0.05) is 0 Å². The molecule has 0 amide bonds. The van der Waals surface area contributed by atoms with Crippen LogP contribution in [0.4, 0.5) is 0 Å². The Kier molecular flexibility index (Phi) is 5.01. The molecular formula is C14H29N3O. The average Bonchev–Trinajstić information content (AvgIpc) is 2.42. The molecule has 0 atom stereocenters. The van der Waals surface area contributed by atoms with Gasteiger partial charge >= 0.3 is 0 Å². The maximum Gasteiger partial charge on any atom is 0.0491 e. The lowest BCUT2D eigenvalue weighted by molar-refractivity contribution is -0.000834. The van der Waals surface area contributed by atoms with Crippen molar-refractivity contribution >= 4 is 0 Å². The first-order valence-electron chi connectivity index (χ1n) is 7.33. The SMILES string of the molecule is COCC1CCN(C2(CN)CCN(C)CC2)CC1. The monoisotopic (exact) mass is 255 g/mol. The predicted molar refractivity (Wildman–Crippen MR) is 74.7 cm³/mol. The van der Waals surface area contributed by atoms with Gasteiger partial charge in [-0.25, -0.2) is 0 Å². The fourth-order valence-electron chi connectivity index (χ4n) is 3.49. The number of likely N-dealkylation sites (tertiary alicyclic amines) is 2. The van der Waals surface area contributed by atoms with Crippen LogP contribution < -0.4 is 5.73 Å². The maximum absolute atomic E-state index is 6.12. The molecule has 0 unspecified atom stereocenters. The molecule has 0 saturated carbocycles. The summed E-state index contributed by atoms with van der Waals surface area (Å²) in [4.78, 5) is 5.09. The molecule has 2 N–H and O–H groups in total. The van der Waals surface area contributed by atoms with Crippen molar-refractivity contribution in [2.75, 3.05) is 53.5 Å². The molecule has 0 aromatic heterocycles. The Bertz CT molecular complexity index is 243. The number of piperidine rings is 2. The number of rotatable bonds is 4. The lowest BCUT2D eigenvalue weighted by atomic mass is 9.83. The van der Waals surface area contributed by atoms with E-state index in [0.717, 1.165) is 19.1 Å². The second-order valence-corrected chi connectivity index (χ2v) is 6.12. The smallest absolute Gasteiger partial charge is 0.0491 e. The van der Waals surface area contributed by atoms with Crippen molar-refractivity contribution in [3.05, 3.63) is 0 Å². The minimum absolute atomic E-state index is 0.282. The summed E-state index contributed by atoms with van der Waals surface area (Å²) in [5.74, 6) is 0.757. The van der Waals surface area contributed by atoms with Gasteiger partial charge in [0.05, 0.1) is 0 Å². The minimum Gasteiger partial charge on any atom is -0.384 e. The van der Waals surface area contributed by atoms with E-state index >= 15 is 0 Å². The first-order chi connectivity index (χ1) is 8.70. The van der Waals surface area contributed by atoms with Crippen molar-refractivity contribution in [2.45, 2.75) is 31.2 Å². The molecule has 0 radical (unpaired) electrons. The van der Waals surface area contributed by atoms with E-state index in [9.17, 15) is 0 Å². The van der Waals surface area contributed by atoms with Gasteiger partial charge in [0.1, 0.15) is 0 Å². The van der Waals surface area contributed by atoms with E-state index in [1.54, 1.807) is 0 Å². The van der Waals surface area contributed by atoms with Crippen molar-refractivity contribution in [1.82, 2.24) is 9.80 Å². The van der Waals surface area contributed by atoms with Crippen LogP contribution in [0.25, 0.3) is 0 Å². The summed E-state index contributed by atoms with van der Waals surface area (Å²) >= 11 is 0. The Morgan fingerprint density at radius 1 is 1.17 bits per heavy atom. The largest absolute Gasteiger partial charge is 0.384 e. The summed E-state index contributed by atoms with van der Waals surface area (Å²) in [5, 5.41) is 0. The van der Waals surface area contributed by atoms with E-state index in [4.69, 9.17) is 10.5 Å². The third kappa shape index (κ3) is 3.05. The van der Waals surface area contributed by atoms with Gasteiger partial charge in [-0.3, -0.25) is 4.90 Å². The quantitative estimate of drug-likeness (QED) is 0.805. The average molecular weight is 255 g/mol. The third-order valence-corrected chi connectivity index (χ3v) is 4.99. The van der Waals surface area contributed by atoms with Crippen LogP contribution in [0, 0.1) is 5.92 Å². The molecule has 18 heavy (non-hydrogen) atoms. The van der Waals surface area contributed by atoms with Crippen molar-refractivity contribution in [2.24, 2.45) is 11.7 Å². The molecule has 2 fully saturated rings. The number of nitrogens with two attached hydrogens (primary N) is 1. The van der Waals surface area contributed by atoms with Gasteiger partial charge in [-0.2, -0.15) is 0 Å². The molecule has 0 aromatic rings. The Hall–Kier alpha value is -0.160. The number of hydrogen-bond acceptors (Lipinski definition) is 4. The summed E-state index contributed by atoms with van der Waals surface area (Å²) < 4.78 is 5.28. The molecule has 0 bridgehead atoms. The van der Waals surface area contributed by atoms with Crippen LogP contribution in [0.2, 0.25) is 0 Å². The van der Waals surface area contributed by atoms with E-state index in [0.29, 0.717) is 0 Å². The van der Waals surface area contributed by atoms with Crippen molar-refractivity contribution in [3.8, 4) is 0 Å². The van der Waals surface area contributed by atoms with E-state index < -0.39 is 0 Å². The van der Waals surface area contributed by atoms with Crippen LogP contribution in [0.15, 0.2) is 0 Å². The second-order valence-electron chi connectivity index (χ2n) is 6.12. The van der Waals surface area contributed by atoms with Crippen LogP contribution in [-0.2, 0) is 4.74 Å². The molecule has 0 spiro atoms. The zero-order valence-electron chi connectivity index (χ0n) is 12.0. The van der Waals surface area contributed by atoms with Gasteiger partial charge in [0.15, 0.2) is 0 Å². The number of methoxy groups -OCH3 is 1. The van der Waals surface area contributed by atoms with Gasteiger partial charge in [-0.15, -0.1) is 0 Å². The second kappa shape index (κ2) is 6.33. The molecule has 0 aromatic carbocycles. The molecule has 2 saturated heterocycles. The topological polar surface area (TPSA) is 41.7 Å². The van der Waals surface area contributed by atoms with Gasteiger partial charge in [-0.05, 0) is 64.8 Å². The van der Waals surface area contributed by atoms with Gasteiger partial charge < -0.3 is 15.4 Å². The molecule has 2 aliphatic rings. The molecule has 2 heterocycles. The molecular weight excluding hydrogens is 226 g/mol. The van der Waals surface area contributed by atoms with Crippen LogP contribution in [0.5, 0.6) is 0 Å². The Labute approximate surface area is 111 Å². The summed E-state index contributed by atoms with van der Waals surface area (Å²) in [6, 6.07) is 0. The van der Waals surface area contributed by atoms with Crippen molar-refractivity contribution in [3.63, 3.8) is 0 Å². The van der Waals surface area contributed by atoms with E-state index in [1.165, 1.54) is 51.9 Å². The standard InChI is InChI=1S/C14H29N3O/c1-16-9-5-14(12-15,6-10-16)17-7-3-13(4-8-17)11-18-2/h13H,3-12,15H2,1-2H3. The Morgan fingerprint density at radius 2 is 1.78 bits per heavy atom. The summed E-state index contributed by atoms with van der Waals surface area (Å²) in [5.41, 5.74) is 6.41. The lowest BCUT2D eigenvalue weighted by Crippen LogP contribution is -2.60. The number of nitrogens with zero attached hydrogens (tertiary/aromatic N) is 2.